The molecule has 110 valence electrons. The smallest absolute Gasteiger partial charge is 0.228 e. The zero-order chi connectivity index (χ0) is 15.6. The van der Waals surface area contributed by atoms with Crippen molar-refractivity contribution in [3.8, 4) is 0 Å². The van der Waals surface area contributed by atoms with E-state index in [2.05, 4.69) is 12.1 Å². The number of hydrogen-bond donors (Lipinski definition) is 0. The lowest BCUT2D eigenvalue weighted by Crippen LogP contribution is -2.37. The number of rotatable bonds is 3. The summed E-state index contributed by atoms with van der Waals surface area (Å²) in [5.74, 6) is 0.127. The van der Waals surface area contributed by atoms with Gasteiger partial charge in [-0.2, -0.15) is 4.57 Å². The Hall–Kier alpha value is -3.00. The number of fused-ring (bicyclic) bond motifs is 2. The van der Waals surface area contributed by atoms with E-state index in [9.17, 15) is 4.79 Å². The molecule has 0 atom stereocenters. The monoisotopic (exact) mass is 298 g/mol. The Morgan fingerprint density at radius 3 is 2.30 bits per heavy atom. The second kappa shape index (κ2) is 5.65. The standard InChI is InChI=1S/C21H16NO/c23-21(20-11-5-9-17-7-3-4-10-19(17)20)15-22-13-12-16-6-1-2-8-18(16)14-22/h1-14H,15H2/q+1. The van der Waals surface area contributed by atoms with Crippen LogP contribution >= 0.6 is 0 Å². The van der Waals surface area contributed by atoms with Crippen LogP contribution in [-0.2, 0) is 6.54 Å². The number of hydrogen-bond acceptors (Lipinski definition) is 1. The zero-order valence-electron chi connectivity index (χ0n) is 12.6. The molecular formula is C21H16NO+. The fourth-order valence-electron chi connectivity index (χ4n) is 3.00. The van der Waals surface area contributed by atoms with Crippen LogP contribution in [0.4, 0.5) is 0 Å². The summed E-state index contributed by atoms with van der Waals surface area (Å²) in [5, 5.41) is 4.44. The maximum atomic E-state index is 12.7. The Kier molecular flexibility index (Phi) is 3.35. The molecule has 3 aromatic carbocycles. The van der Waals surface area contributed by atoms with E-state index in [1.165, 1.54) is 5.39 Å². The molecule has 0 bridgehead atoms. The average Bonchev–Trinajstić information content (AvgIpc) is 2.61. The minimum absolute atomic E-state index is 0.127. The van der Waals surface area contributed by atoms with Crippen LogP contribution in [0.15, 0.2) is 85.2 Å². The fourth-order valence-corrected chi connectivity index (χ4v) is 3.00. The number of benzene rings is 3. The maximum absolute atomic E-state index is 12.7. The Morgan fingerprint density at radius 2 is 1.43 bits per heavy atom. The van der Waals surface area contributed by atoms with Crippen LogP contribution in [0.5, 0.6) is 0 Å². The third-order valence-electron chi connectivity index (χ3n) is 4.16. The van der Waals surface area contributed by atoms with E-state index in [1.807, 2.05) is 77.6 Å². The van der Waals surface area contributed by atoms with Crippen LogP contribution in [0, 0.1) is 0 Å². The normalized spacial score (nSPS) is 11.0. The molecule has 0 amide bonds. The van der Waals surface area contributed by atoms with E-state index < -0.39 is 0 Å². The second-order valence-corrected chi connectivity index (χ2v) is 5.70. The molecule has 4 aromatic rings. The van der Waals surface area contributed by atoms with Crippen molar-refractivity contribution in [3.63, 3.8) is 0 Å². The molecule has 0 aliphatic carbocycles. The molecule has 0 unspecified atom stereocenters. The molecule has 0 fully saturated rings. The first kappa shape index (κ1) is 13.6. The van der Waals surface area contributed by atoms with Gasteiger partial charge < -0.3 is 0 Å². The van der Waals surface area contributed by atoms with Crippen LogP contribution in [-0.4, -0.2) is 5.78 Å². The summed E-state index contributed by atoms with van der Waals surface area (Å²) in [4.78, 5) is 12.7. The number of Topliss-reactive ketones (excluding diaryl/α,β-unsaturated/α-hetero) is 1. The minimum atomic E-state index is 0.127. The molecule has 0 saturated heterocycles. The highest BCUT2D eigenvalue weighted by Crippen LogP contribution is 2.19. The lowest BCUT2D eigenvalue weighted by Gasteiger charge is -2.04. The van der Waals surface area contributed by atoms with Gasteiger partial charge in [-0.15, -0.1) is 0 Å². The average molecular weight is 298 g/mol. The first-order chi connectivity index (χ1) is 11.3. The maximum Gasteiger partial charge on any atom is 0.228 e. The van der Waals surface area contributed by atoms with Gasteiger partial charge in [0.05, 0.1) is 0 Å². The number of ketones is 1. The van der Waals surface area contributed by atoms with Crippen LogP contribution in [0.3, 0.4) is 0 Å². The van der Waals surface area contributed by atoms with Crippen molar-refractivity contribution in [2.24, 2.45) is 0 Å². The molecular weight excluding hydrogens is 282 g/mol. The first-order valence-corrected chi connectivity index (χ1v) is 7.70. The SMILES string of the molecule is O=C(C[n+]1ccc2ccccc2c1)c1cccc2ccccc12. The molecule has 0 spiro atoms. The summed E-state index contributed by atoms with van der Waals surface area (Å²) in [6.45, 7) is 0.346. The van der Waals surface area contributed by atoms with Crippen molar-refractivity contribution >= 4 is 27.3 Å². The van der Waals surface area contributed by atoms with E-state index >= 15 is 0 Å². The third-order valence-corrected chi connectivity index (χ3v) is 4.16. The Labute approximate surface area is 134 Å². The van der Waals surface area contributed by atoms with Gasteiger partial charge in [0.1, 0.15) is 0 Å². The molecule has 0 aliphatic heterocycles. The van der Waals surface area contributed by atoms with E-state index in [0.29, 0.717) is 6.54 Å². The van der Waals surface area contributed by atoms with Gasteiger partial charge >= 0.3 is 0 Å². The highest BCUT2D eigenvalue weighted by Gasteiger charge is 2.15. The predicted octanol–water partition coefficient (Wildman–Crippen LogP) is 4.16. The van der Waals surface area contributed by atoms with E-state index in [-0.39, 0.29) is 5.78 Å². The first-order valence-electron chi connectivity index (χ1n) is 7.70. The van der Waals surface area contributed by atoms with Crippen molar-refractivity contribution in [2.45, 2.75) is 6.54 Å². The topological polar surface area (TPSA) is 20.9 Å². The summed E-state index contributed by atoms with van der Waals surface area (Å²) in [6.07, 6.45) is 3.99. The van der Waals surface area contributed by atoms with E-state index in [4.69, 9.17) is 0 Å². The van der Waals surface area contributed by atoms with Crippen molar-refractivity contribution in [1.82, 2.24) is 0 Å². The number of nitrogens with zero attached hydrogens (tertiary/aromatic N) is 1. The van der Waals surface area contributed by atoms with Gasteiger partial charge in [-0.05, 0) is 22.2 Å². The highest BCUT2D eigenvalue weighted by molar-refractivity contribution is 6.07. The van der Waals surface area contributed by atoms with Gasteiger partial charge in [-0.1, -0.05) is 60.7 Å². The summed E-state index contributed by atoms with van der Waals surface area (Å²) < 4.78 is 1.95. The Balaban J connectivity index is 1.70. The summed E-state index contributed by atoms with van der Waals surface area (Å²) in [6, 6.07) is 24.1. The van der Waals surface area contributed by atoms with Crippen molar-refractivity contribution in [2.75, 3.05) is 0 Å². The minimum Gasteiger partial charge on any atom is -0.287 e. The van der Waals surface area contributed by atoms with Crippen molar-refractivity contribution in [3.05, 3.63) is 90.8 Å². The molecule has 0 radical (unpaired) electrons. The van der Waals surface area contributed by atoms with Gasteiger partial charge in [-0.3, -0.25) is 4.79 Å². The van der Waals surface area contributed by atoms with Gasteiger partial charge in [0.25, 0.3) is 0 Å². The Morgan fingerprint density at radius 1 is 0.739 bits per heavy atom. The molecule has 4 rings (SSSR count). The van der Waals surface area contributed by atoms with E-state index in [0.717, 1.165) is 21.7 Å². The third kappa shape index (κ3) is 2.59. The van der Waals surface area contributed by atoms with Crippen molar-refractivity contribution < 1.29 is 9.36 Å². The van der Waals surface area contributed by atoms with Gasteiger partial charge in [0, 0.05) is 17.0 Å². The number of carbonyl (C=O) groups excluding carboxylic acids is 1. The lowest BCUT2D eigenvalue weighted by molar-refractivity contribution is -0.681. The van der Waals surface area contributed by atoms with E-state index in [1.54, 1.807) is 0 Å². The quantitative estimate of drug-likeness (QED) is 0.411. The molecule has 2 nitrogen and oxygen atoms in total. The van der Waals surface area contributed by atoms with Crippen molar-refractivity contribution in [1.29, 1.82) is 0 Å². The molecule has 0 saturated carbocycles. The van der Waals surface area contributed by atoms with Gasteiger partial charge in [-0.25, -0.2) is 0 Å². The molecule has 23 heavy (non-hydrogen) atoms. The highest BCUT2D eigenvalue weighted by atomic mass is 16.1. The Bertz CT molecular complexity index is 1010. The molecule has 2 heteroatoms. The van der Waals surface area contributed by atoms with Gasteiger partial charge in [0.2, 0.25) is 12.3 Å². The second-order valence-electron chi connectivity index (χ2n) is 5.70. The van der Waals surface area contributed by atoms with Gasteiger partial charge in [0.15, 0.2) is 12.4 Å². The summed E-state index contributed by atoms with van der Waals surface area (Å²) in [7, 11) is 0. The predicted molar refractivity (Wildman–Crippen MR) is 92.4 cm³/mol. The van der Waals surface area contributed by atoms with Crippen LogP contribution in [0.1, 0.15) is 10.4 Å². The number of carbonyl (C=O) groups is 1. The summed E-state index contributed by atoms with van der Waals surface area (Å²) in [5.41, 5.74) is 0.781. The molecule has 0 aliphatic rings. The van der Waals surface area contributed by atoms with Crippen LogP contribution in [0.2, 0.25) is 0 Å². The molecule has 0 N–H and O–H groups in total. The lowest BCUT2D eigenvalue weighted by atomic mass is 10.0. The molecule has 1 aromatic heterocycles. The van der Waals surface area contributed by atoms with Crippen LogP contribution in [0.25, 0.3) is 21.5 Å². The largest absolute Gasteiger partial charge is 0.287 e. The fraction of sp³-hybridized carbons (Fsp3) is 0.0476. The number of aromatic nitrogens is 1. The van der Waals surface area contributed by atoms with Crippen LogP contribution < -0.4 is 4.57 Å². The zero-order valence-corrected chi connectivity index (χ0v) is 12.6. The summed E-state index contributed by atoms with van der Waals surface area (Å²) >= 11 is 0. The molecule has 1 heterocycles. The number of pyridine rings is 1.